The van der Waals surface area contributed by atoms with E-state index >= 15 is 0 Å². The summed E-state index contributed by atoms with van der Waals surface area (Å²) in [5.74, 6) is 5.36. The van der Waals surface area contributed by atoms with Gasteiger partial charge in [0.2, 0.25) is 0 Å². The summed E-state index contributed by atoms with van der Waals surface area (Å²) < 4.78 is 0. The van der Waals surface area contributed by atoms with Crippen LogP contribution in [-0.4, -0.2) is 0 Å². The molecular formula is C20H52. The lowest BCUT2D eigenvalue weighted by Gasteiger charge is -1.48. The summed E-state index contributed by atoms with van der Waals surface area (Å²) >= 11 is 0. The van der Waals surface area contributed by atoms with Crippen molar-refractivity contribution in [1.29, 1.82) is 0 Å². The first-order chi connectivity index (χ1) is 9.74. The van der Waals surface area contributed by atoms with Gasteiger partial charge in [-0.2, -0.15) is 0 Å². The molecule has 0 aliphatic rings. The largest absolute Gasteiger partial charge is 0.107 e. The summed E-state index contributed by atoms with van der Waals surface area (Å²) in [5, 5.41) is 0. The van der Waals surface area contributed by atoms with Crippen LogP contribution in [0.3, 0.4) is 0 Å². The molecule has 0 bridgehead atoms. The van der Waals surface area contributed by atoms with Crippen LogP contribution in [0.15, 0.2) is 0 Å². The Kier molecular flexibility index (Phi) is 1140. The molecule has 0 saturated heterocycles. The van der Waals surface area contributed by atoms with Gasteiger partial charge >= 0.3 is 0 Å². The van der Waals surface area contributed by atoms with Crippen molar-refractivity contribution in [2.45, 2.75) is 124 Å². The van der Waals surface area contributed by atoms with E-state index in [-0.39, 0.29) is 0 Å². The van der Waals surface area contributed by atoms with Crippen LogP contribution in [0.25, 0.3) is 0 Å². The van der Waals surface area contributed by atoms with Crippen LogP contribution < -0.4 is 0 Å². The molecule has 0 aliphatic heterocycles. The van der Waals surface area contributed by atoms with Gasteiger partial charge < -0.3 is 0 Å². The number of hydrogen-bond donors (Lipinski definition) is 0. The molecule has 20 heavy (non-hydrogen) atoms. The van der Waals surface area contributed by atoms with E-state index in [2.05, 4.69) is 39.5 Å². The normalized spacial score (nSPS) is 4.00. The molecule has 0 amide bonds. The summed E-state index contributed by atoms with van der Waals surface area (Å²) in [4.78, 5) is 0. The van der Waals surface area contributed by atoms with Gasteiger partial charge in [0.15, 0.2) is 0 Å². The Bertz CT molecular complexity index is 53.8. The molecule has 132 valence electrons. The van der Waals surface area contributed by atoms with E-state index in [0.717, 1.165) is 0 Å². The Morgan fingerprint density at radius 3 is 0.450 bits per heavy atom. The smallest absolute Gasteiger partial charge is 0.00271 e. The molecule has 0 heterocycles. The van der Waals surface area contributed by atoms with Crippen LogP contribution in [0.5, 0.6) is 0 Å². The topological polar surface area (TPSA) is 0 Å². The molecule has 0 unspecified atom stereocenters. The fraction of sp³-hybridized carbons (Fsp3) is 0.900. The Balaban J connectivity index is -0.0000000140. The van der Waals surface area contributed by atoms with Gasteiger partial charge in [-0.15, -0.1) is 11.8 Å². The van der Waals surface area contributed by atoms with E-state index in [9.17, 15) is 0 Å². The van der Waals surface area contributed by atoms with Gasteiger partial charge in [-0.3, -0.25) is 0 Å². The third-order valence-corrected chi connectivity index (χ3v) is 0.250. The van der Waals surface area contributed by atoms with E-state index in [1.807, 2.05) is 83.1 Å². The van der Waals surface area contributed by atoms with E-state index < -0.39 is 0 Å². The molecule has 0 heteroatoms. The summed E-state index contributed by atoms with van der Waals surface area (Å²) in [6.07, 6.45) is 2.50. The number of hydrogen-bond acceptors (Lipinski definition) is 0. The van der Waals surface area contributed by atoms with E-state index in [0.29, 0.717) is 0 Å². The first kappa shape index (κ1) is 50.4. The summed E-state index contributed by atoms with van der Waals surface area (Å²) in [5.41, 5.74) is 0. The lowest BCUT2D eigenvalue weighted by Crippen LogP contribution is -1.28. The zero-order valence-electron chi connectivity index (χ0n) is 18.4. The second-order valence-electron chi connectivity index (χ2n) is 1.91. The highest BCUT2D eigenvalue weighted by Gasteiger charge is 1.36. The third kappa shape index (κ3) is 15400. The molecule has 0 fully saturated rings. The quantitative estimate of drug-likeness (QED) is 0.391. The molecule has 0 aliphatic carbocycles. The summed E-state index contributed by atoms with van der Waals surface area (Å²) in [6, 6.07) is 0. The lowest BCUT2D eigenvalue weighted by molar-refractivity contribution is 1.09. The zero-order chi connectivity index (χ0) is 18.8. The highest BCUT2D eigenvalue weighted by molar-refractivity contribution is 4.89. The van der Waals surface area contributed by atoms with Crippen molar-refractivity contribution >= 4 is 0 Å². The van der Waals surface area contributed by atoms with Crippen molar-refractivity contribution in [3.63, 3.8) is 0 Å². The molecule has 0 aromatic carbocycles. The first-order valence-corrected chi connectivity index (χ1v) is 9.08. The Hall–Kier alpha value is -0.440. The lowest BCUT2D eigenvalue weighted by atomic mass is 10.6. The second-order valence-corrected chi connectivity index (χ2v) is 1.91. The number of rotatable bonds is 0. The van der Waals surface area contributed by atoms with Gasteiger partial charge in [-0.25, -0.2) is 0 Å². The first-order valence-electron chi connectivity index (χ1n) is 9.08. The molecule has 0 atom stereocenters. The van der Waals surface area contributed by atoms with Crippen LogP contribution >= 0.6 is 0 Å². The van der Waals surface area contributed by atoms with Gasteiger partial charge in [0, 0.05) is 0 Å². The molecule has 0 N–H and O–H groups in total. The van der Waals surface area contributed by atoms with Gasteiger partial charge in [0.1, 0.15) is 0 Å². The van der Waals surface area contributed by atoms with E-state index in [1.165, 1.54) is 12.8 Å². The zero-order valence-corrected chi connectivity index (χ0v) is 18.4. The molecule has 0 aromatic heterocycles. The van der Waals surface area contributed by atoms with Crippen LogP contribution in [0.4, 0.5) is 0 Å². The van der Waals surface area contributed by atoms with Gasteiger partial charge in [-0.1, -0.05) is 110 Å². The minimum absolute atomic E-state index is 1.25. The van der Waals surface area contributed by atoms with Gasteiger partial charge in [0.05, 0.1) is 0 Å². The van der Waals surface area contributed by atoms with E-state index in [1.54, 1.807) is 0 Å². The molecule has 0 spiro atoms. The average molecular weight is 293 g/mol. The van der Waals surface area contributed by atoms with Crippen molar-refractivity contribution in [3.05, 3.63) is 0 Å². The SMILES string of the molecule is CC.CC.CC.CC.CC.CC#CC.CCC.CCC. The molecule has 0 saturated carbocycles. The monoisotopic (exact) mass is 292 g/mol. The second kappa shape index (κ2) is 452. The van der Waals surface area contributed by atoms with Crippen molar-refractivity contribution in [2.24, 2.45) is 0 Å². The predicted octanol–water partition coefficient (Wildman–Crippen LogP) is 8.99. The summed E-state index contributed by atoms with van der Waals surface area (Å²) in [7, 11) is 0. The van der Waals surface area contributed by atoms with E-state index in [4.69, 9.17) is 0 Å². The maximum Gasteiger partial charge on any atom is -0.00271 e. The van der Waals surface area contributed by atoms with Crippen molar-refractivity contribution in [3.8, 4) is 11.8 Å². The molecular weight excluding hydrogens is 240 g/mol. The predicted molar refractivity (Wildman–Crippen MR) is 108 cm³/mol. The Morgan fingerprint density at radius 2 is 0.450 bits per heavy atom. The molecule has 0 nitrogen and oxygen atoms in total. The molecule has 0 aromatic rings. The van der Waals surface area contributed by atoms with Gasteiger partial charge in [-0.05, 0) is 13.8 Å². The highest BCUT2D eigenvalue weighted by Crippen LogP contribution is 1.56. The van der Waals surface area contributed by atoms with Crippen molar-refractivity contribution in [1.82, 2.24) is 0 Å². The molecule has 0 radical (unpaired) electrons. The fourth-order valence-electron chi connectivity index (χ4n) is 0. The van der Waals surface area contributed by atoms with Crippen molar-refractivity contribution < 1.29 is 0 Å². The average Bonchev–Trinajstić information content (AvgIpc) is 2.58. The summed E-state index contributed by atoms with van der Waals surface area (Å²) in [6.45, 7) is 32.1. The van der Waals surface area contributed by atoms with Crippen LogP contribution in [0, 0.1) is 11.8 Å². The Morgan fingerprint density at radius 1 is 0.400 bits per heavy atom. The molecule has 0 rings (SSSR count). The maximum atomic E-state index is 2.68. The highest BCUT2D eigenvalue weighted by atomic mass is 13.4. The fourth-order valence-corrected chi connectivity index (χ4v) is 0. The maximum absolute atomic E-state index is 2.68. The van der Waals surface area contributed by atoms with Crippen molar-refractivity contribution in [2.75, 3.05) is 0 Å². The minimum Gasteiger partial charge on any atom is -0.107 e. The minimum atomic E-state index is 1.25. The third-order valence-electron chi connectivity index (χ3n) is 0.250. The van der Waals surface area contributed by atoms with Crippen LogP contribution in [-0.2, 0) is 0 Å². The standard InChI is InChI=1S/C4H6.2C3H8.5C2H6/c1-3-4-2;2*1-3-2;5*1-2/h1-2H3;2*3H2,1-2H3;5*1-2H3. The Labute approximate surface area is 136 Å². The van der Waals surface area contributed by atoms with Crippen LogP contribution in [0.2, 0.25) is 0 Å². The van der Waals surface area contributed by atoms with Crippen LogP contribution in [0.1, 0.15) is 124 Å². The van der Waals surface area contributed by atoms with Gasteiger partial charge in [0.25, 0.3) is 0 Å².